The van der Waals surface area contributed by atoms with Crippen LogP contribution in [-0.4, -0.2) is 10.6 Å². The highest BCUT2D eigenvalue weighted by Crippen LogP contribution is 2.38. The minimum absolute atomic E-state index is 0.0297. The SMILES string of the molecule is NC1(Cc2cc(Cl)c(F)cc2O)CC1. The Hall–Kier alpha value is -0.800. The summed E-state index contributed by atoms with van der Waals surface area (Å²) in [7, 11) is 0. The quantitative estimate of drug-likeness (QED) is 0.795. The van der Waals surface area contributed by atoms with E-state index in [1.165, 1.54) is 6.07 Å². The first-order chi connectivity index (χ1) is 6.50. The Labute approximate surface area is 86.5 Å². The summed E-state index contributed by atoms with van der Waals surface area (Å²) >= 11 is 5.61. The van der Waals surface area contributed by atoms with Crippen LogP contribution in [0.25, 0.3) is 0 Å². The van der Waals surface area contributed by atoms with Gasteiger partial charge in [0.25, 0.3) is 0 Å². The molecule has 0 spiro atoms. The number of halogens is 2. The lowest BCUT2D eigenvalue weighted by Crippen LogP contribution is -2.24. The molecule has 0 saturated heterocycles. The average molecular weight is 216 g/mol. The number of benzene rings is 1. The second-order valence-electron chi connectivity index (χ2n) is 3.93. The van der Waals surface area contributed by atoms with Crippen molar-refractivity contribution in [1.29, 1.82) is 0 Å². The fraction of sp³-hybridized carbons (Fsp3) is 0.400. The molecule has 0 unspecified atom stereocenters. The molecule has 0 amide bonds. The van der Waals surface area contributed by atoms with Crippen molar-refractivity contribution in [1.82, 2.24) is 0 Å². The summed E-state index contributed by atoms with van der Waals surface area (Å²) in [6.45, 7) is 0. The average Bonchev–Trinajstić information content (AvgIpc) is 2.80. The molecule has 0 atom stereocenters. The predicted octanol–water partition coefficient (Wildman–Crippen LogP) is 2.22. The van der Waals surface area contributed by atoms with Gasteiger partial charge in [-0.2, -0.15) is 0 Å². The zero-order valence-electron chi connectivity index (χ0n) is 7.56. The first-order valence-electron chi connectivity index (χ1n) is 4.46. The van der Waals surface area contributed by atoms with E-state index < -0.39 is 5.82 Å². The van der Waals surface area contributed by atoms with Crippen LogP contribution in [0.2, 0.25) is 5.02 Å². The van der Waals surface area contributed by atoms with Gasteiger partial charge in [-0.1, -0.05) is 11.6 Å². The van der Waals surface area contributed by atoms with Crippen LogP contribution in [0.5, 0.6) is 5.75 Å². The van der Waals surface area contributed by atoms with Gasteiger partial charge >= 0.3 is 0 Å². The van der Waals surface area contributed by atoms with E-state index in [1.54, 1.807) is 0 Å². The maximum Gasteiger partial charge on any atom is 0.145 e. The third-order valence-corrected chi connectivity index (χ3v) is 2.85. The maximum absolute atomic E-state index is 12.9. The molecule has 1 aromatic rings. The lowest BCUT2D eigenvalue weighted by atomic mass is 10.0. The second kappa shape index (κ2) is 3.11. The van der Waals surface area contributed by atoms with Gasteiger partial charge in [-0.25, -0.2) is 4.39 Å². The summed E-state index contributed by atoms with van der Waals surface area (Å²) in [5.74, 6) is -0.668. The maximum atomic E-state index is 12.9. The van der Waals surface area contributed by atoms with Crippen LogP contribution in [0.1, 0.15) is 18.4 Å². The largest absolute Gasteiger partial charge is 0.508 e. The van der Waals surface area contributed by atoms with E-state index in [2.05, 4.69) is 0 Å². The summed E-state index contributed by atoms with van der Waals surface area (Å²) in [4.78, 5) is 0. The fourth-order valence-corrected chi connectivity index (χ4v) is 1.62. The molecular weight excluding hydrogens is 205 g/mol. The Morgan fingerprint density at radius 3 is 2.71 bits per heavy atom. The number of phenolic OH excluding ortho intramolecular Hbond substituents is 1. The van der Waals surface area contributed by atoms with Gasteiger partial charge in [-0.3, -0.25) is 0 Å². The third-order valence-electron chi connectivity index (χ3n) is 2.56. The van der Waals surface area contributed by atoms with E-state index in [4.69, 9.17) is 17.3 Å². The van der Waals surface area contributed by atoms with Crippen molar-refractivity contribution in [3.8, 4) is 5.75 Å². The number of aromatic hydroxyl groups is 1. The number of phenols is 1. The van der Waals surface area contributed by atoms with Crippen LogP contribution in [0.15, 0.2) is 12.1 Å². The zero-order valence-corrected chi connectivity index (χ0v) is 8.31. The van der Waals surface area contributed by atoms with Crippen molar-refractivity contribution in [2.45, 2.75) is 24.8 Å². The van der Waals surface area contributed by atoms with Crippen molar-refractivity contribution >= 4 is 11.6 Å². The van der Waals surface area contributed by atoms with Gasteiger partial charge in [0.2, 0.25) is 0 Å². The molecule has 0 radical (unpaired) electrons. The molecule has 4 heteroatoms. The molecule has 3 N–H and O–H groups in total. The van der Waals surface area contributed by atoms with Gasteiger partial charge in [-0.15, -0.1) is 0 Å². The predicted molar refractivity (Wildman–Crippen MR) is 52.9 cm³/mol. The number of hydrogen-bond acceptors (Lipinski definition) is 2. The summed E-state index contributed by atoms with van der Waals surface area (Å²) in [5, 5.41) is 9.48. The minimum atomic E-state index is -0.602. The van der Waals surface area contributed by atoms with Gasteiger partial charge in [0.1, 0.15) is 11.6 Å². The molecule has 14 heavy (non-hydrogen) atoms. The van der Waals surface area contributed by atoms with Crippen molar-refractivity contribution < 1.29 is 9.50 Å². The molecule has 0 aliphatic heterocycles. The number of nitrogens with two attached hydrogens (primary N) is 1. The highest BCUT2D eigenvalue weighted by Gasteiger charge is 2.38. The van der Waals surface area contributed by atoms with Crippen LogP contribution < -0.4 is 5.73 Å². The Morgan fingerprint density at radius 1 is 1.50 bits per heavy atom. The molecule has 2 nitrogen and oxygen atoms in total. The molecule has 0 heterocycles. The Balaban J connectivity index is 2.29. The molecule has 1 aliphatic carbocycles. The van der Waals surface area contributed by atoms with Crippen molar-refractivity contribution in [2.75, 3.05) is 0 Å². The summed E-state index contributed by atoms with van der Waals surface area (Å²) in [5.41, 5.74) is 6.30. The normalized spacial score (nSPS) is 18.2. The molecule has 76 valence electrons. The Bertz CT molecular complexity index is 377. The molecule has 1 fully saturated rings. The fourth-order valence-electron chi connectivity index (χ4n) is 1.44. The second-order valence-corrected chi connectivity index (χ2v) is 4.34. The van der Waals surface area contributed by atoms with Crippen LogP contribution in [0.3, 0.4) is 0 Å². The minimum Gasteiger partial charge on any atom is -0.508 e. The molecule has 1 aliphatic rings. The van der Waals surface area contributed by atoms with E-state index in [1.807, 2.05) is 0 Å². The van der Waals surface area contributed by atoms with Crippen LogP contribution in [0, 0.1) is 5.82 Å². The van der Waals surface area contributed by atoms with Crippen molar-refractivity contribution in [3.05, 3.63) is 28.5 Å². The zero-order chi connectivity index (χ0) is 10.3. The van der Waals surface area contributed by atoms with Gasteiger partial charge in [-0.05, 0) is 30.9 Å². The van der Waals surface area contributed by atoms with Crippen LogP contribution in [-0.2, 0) is 6.42 Å². The monoisotopic (exact) mass is 215 g/mol. The molecular formula is C10H11ClFNO. The van der Waals surface area contributed by atoms with Gasteiger partial charge in [0.05, 0.1) is 5.02 Å². The first-order valence-corrected chi connectivity index (χ1v) is 4.84. The van der Waals surface area contributed by atoms with Crippen LogP contribution >= 0.6 is 11.6 Å². The first kappa shape index (κ1) is 9.74. The van der Waals surface area contributed by atoms with E-state index in [0.29, 0.717) is 12.0 Å². The van der Waals surface area contributed by atoms with Crippen molar-refractivity contribution in [2.24, 2.45) is 5.73 Å². The summed E-state index contributed by atoms with van der Waals surface area (Å²) in [6.07, 6.45) is 2.45. The standard InChI is InChI=1S/C10H11ClFNO/c11-7-3-6(5-10(13)1-2-10)9(14)4-8(7)12/h3-4,14H,1-2,5,13H2. The molecule has 0 bridgehead atoms. The third kappa shape index (κ3) is 1.83. The Morgan fingerprint density at radius 2 is 2.14 bits per heavy atom. The van der Waals surface area contributed by atoms with Crippen LogP contribution in [0.4, 0.5) is 4.39 Å². The van der Waals surface area contributed by atoms with E-state index in [9.17, 15) is 9.50 Å². The topological polar surface area (TPSA) is 46.2 Å². The highest BCUT2D eigenvalue weighted by atomic mass is 35.5. The van der Waals surface area contributed by atoms with Gasteiger partial charge in [0.15, 0.2) is 0 Å². The van der Waals surface area contributed by atoms with Gasteiger partial charge < -0.3 is 10.8 Å². The summed E-state index contributed by atoms with van der Waals surface area (Å²) in [6, 6.07) is 2.47. The molecule has 1 saturated carbocycles. The van der Waals surface area contributed by atoms with E-state index in [0.717, 1.165) is 18.9 Å². The van der Waals surface area contributed by atoms with E-state index in [-0.39, 0.29) is 16.3 Å². The summed E-state index contributed by atoms with van der Waals surface area (Å²) < 4.78 is 12.9. The lowest BCUT2D eigenvalue weighted by molar-refractivity contribution is 0.457. The van der Waals surface area contributed by atoms with Crippen molar-refractivity contribution in [3.63, 3.8) is 0 Å². The smallest absolute Gasteiger partial charge is 0.145 e. The molecule has 0 aromatic heterocycles. The van der Waals surface area contributed by atoms with E-state index >= 15 is 0 Å². The lowest BCUT2D eigenvalue weighted by Gasteiger charge is -2.10. The Kier molecular flexibility index (Phi) is 2.16. The number of rotatable bonds is 2. The number of hydrogen-bond donors (Lipinski definition) is 2. The van der Waals surface area contributed by atoms with Gasteiger partial charge in [0, 0.05) is 11.6 Å². The molecule has 2 rings (SSSR count). The highest BCUT2D eigenvalue weighted by molar-refractivity contribution is 6.30. The molecule has 1 aromatic carbocycles.